The van der Waals surface area contributed by atoms with E-state index < -0.39 is 16.3 Å². The average Bonchev–Trinajstić information content (AvgIpc) is 2.54. The van der Waals surface area contributed by atoms with Gasteiger partial charge in [0.15, 0.2) is 0 Å². The van der Waals surface area contributed by atoms with E-state index in [0.29, 0.717) is 38.0 Å². The first-order chi connectivity index (χ1) is 10.4. The Kier molecular flexibility index (Phi) is 5.55. The highest BCUT2D eigenvalue weighted by atomic mass is 32.2. The van der Waals surface area contributed by atoms with E-state index in [2.05, 4.69) is 0 Å². The van der Waals surface area contributed by atoms with E-state index >= 15 is 0 Å². The Morgan fingerprint density at radius 2 is 1.86 bits per heavy atom. The van der Waals surface area contributed by atoms with E-state index in [-0.39, 0.29) is 11.7 Å². The monoisotopic (exact) mass is 330 g/mol. The van der Waals surface area contributed by atoms with Crippen molar-refractivity contribution in [2.75, 3.05) is 26.7 Å². The van der Waals surface area contributed by atoms with Crippen molar-refractivity contribution in [2.24, 2.45) is 5.92 Å². The standard InChI is InChI=1S/C15H23FN2O3S/c1-3-17(2)22(20,21)18-10-8-13(9-11-18)15(19)12-4-6-14(16)7-5-12/h4-7,13,15,19H,3,8-11H2,1-2H3/t15-/m0/s1. The molecule has 1 fully saturated rings. The third kappa shape index (κ3) is 3.65. The number of hydrogen-bond acceptors (Lipinski definition) is 3. The highest BCUT2D eigenvalue weighted by Gasteiger charge is 2.33. The Morgan fingerprint density at radius 3 is 2.36 bits per heavy atom. The van der Waals surface area contributed by atoms with Crippen LogP contribution >= 0.6 is 0 Å². The zero-order chi connectivity index (χ0) is 16.3. The maximum absolute atomic E-state index is 12.9. The summed E-state index contributed by atoms with van der Waals surface area (Å²) in [5.41, 5.74) is 0.674. The highest BCUT2D eigenvalue weighted by Crippen LogP contribution is 2.31. The maximum atomic E-state index is 12.9. The van der Waals surface area contributed by atoms with Crippen LogP contribution in [-0.2, 0) is 10.2 Å². The Hall–Kier alpha value is -1.02. The number of halogens is 1. The minimum absolute atomic E-state index is 0.0103. The molecule has 0 bridgehead atoms. The molecule has 0 radical (unpaired) electrons. The van der Waals surface area contributed by atoms with Crippen LogP contribution in [0.5, 0.6) is 0 Å². The van der Waals surface area contributed by atoms with Gasteiger partial charge in [-0.05, 0) is 36.5 Å². The second-order valence-corrected chi connectivity index (χ2v) is 7.69. The Morgan fingerprint density at radius 1 is 1.32 bits per heavy atom. The number of piperidine rings is 1. The van der Waals surface area contributed by atoms with Gasteiger partial charge in [-0.2, -0.15) is 17.0 Å². The topological polar surface area (TPSA) is 60.9 Å². The van der Waals surface area contributed by atoms with Gasteiger partial charge in [-0.15, -0.1) is 0 Å². The summed E-state index contributed by atoms with van der Waals surface area (Å²) in [4.78, 5) is 0. The van der Waals surface area contributed by atoms with Crippen LogP contribution in [0.25, 0.3) is 0 Å². The molecule has 1 saturated heterocycles. The fourth-order valence-electron chi connectivity index (χ4n) is 2.71. The van der Waals surface area contributed by atoms with Crippen molar-refractivity contribution in [2.45, 2.75) is 25.9 Å². The summed E-state index contributed by atoms with van der Waals surface area (Å²) in [7, 11) is -1.83. The van der Waals surface area contributed by atoms with Crippen LogP contribution in [0, 0.1) is 11.7 Å². The van der Waals surface area contributed by atoms with E-state index in [1.165, 1.54) is 20.7 Å². The molecule has 0 amide bonds. The molecule has 7 heteroatoms. The summed E-state index contributed by atoms with van der Waals surface area (Å²) in [6, 6.07) is 5.81. The lowest BCUT2D eigenvalue weighted by Gasteiger charge is -2.35. The zero-order valence-electron chi connectivity index (χ0n) is 12.9. The number of aliphatic hydroxyl groups is 1. The van der Waals surface area contributed by atoms with Crippen LogP contribution in [-0.4, -0.2) is 48.8 Å². The smallest absolute Gasteiger partial charge is 0.281 e. The molecule has 0 aliphatic carbocycles. The van der Waals surface area contributed by atoms with Gasteiger partial charge >= 0.3 is 0 Å². The largest absolute Gasteiger partial charge is 0.388 e. The molecular weight excluding hydrogens is 307 g/mol. The third-order valence-electron chi connectivity index (χ3n) is 4.32. The van der Waals surface area contributed by atoms with Gasteiger partial charge in [-0.1, -0.05) is 19.1 Å². The summed E-state index contributed by atoms with van der Waals surface area (Å²) in [6.45, 7) is 3.02. The van der Waals surface area contributed by atoms with Crippen LogP contribution in [0.1, 0.15) is 31.4 Å². The zero-order valence-corrected chi connectivity index (χ0v) is 13.8. The number of aliphatic hydroxyl groups excluding tert-OH is 1. The molecule has 1 aromatic rings. The van der Waals surface area contributed by atoms with Gasteiger partial charge in [0.25, 0.3) is 10.2 Å². The molecule has 0 spiro atoms. The average molecular weight is 330 g/mol. The van der Waals surface area contributed by atoms with E-state index in [0.717, 1.165) is 0 Å². The Balaban J connectivity index is 1.98. The molecule has 0 saturated carbocycles. The van der Waals surface area contributed by atoms with Gasteiger partial charge in [0.05, 0.1) is 6.10 Å². The molecule has 1 aromatic carbocycles. The summed E-state index contributed by atoms with van der Waals surface area (Å²) in [6.07, 6.45) is 0.499. The van der Waals surface area contributed by atoms with Gasteiger partial charge in [-0.25, -0.2) is 4.39 Å². The molecule has 1 aliphatic heterocycles. The summed E-state index contributed by atoms with van der Waals surface area (Å²) >= 11 is 0. The van der Waals surface area contributed by atoms with Gasteiger partial charge < -0.3 is 5.11 Å². The molecule has 22 heavy (non-hydrogen) atoms. The number of hydrogen-bond donors (Lipinski definition) is 1. The van der Waals surface area contributed by atoms with Gasteiger partial charge in [0, 0.05) is 26.7 Å². The molecule has 0 unspecified atom stereocenters. The van der Waals surface area contributed by atoms with Crippen molar-refractivity contribution in [3.05, 3.63) is 35.6 Å². The second-order valence-electron chi connectivity index (χ2n) is 5.65. The maximum Gasteiger partial charge on any atom is 0.281 e. The summed E-state index contributed by atoms with van der Waals surface area (Å²) in [5, 5.41) is 10.4. The molecule has 1 aliphatic rings. The third-order valence-corrected chi connectivity index (χ3v) is 6.39. The van der Waals surface area contributed by atoms with Crippen molar-refractivity contribution >= 4 is 10.2 Å². The molecule has 0 aromatic heterocycles. The van der Waals surface area contributed by atoms with Crippen molar-refractivity contribution in [3.8, 4) is 0 Å². The normalized spacial score (nSPS) is 19.5. The molecule has 1 atom stereocenters. The summed E-state index contributed by atoms with van der Waals surface area (Å²) in [5.74, 6) is -0.344. The van der Waals surface area contributed by atoms with E-state index in [1.54, 1.807) is 26.1 Å². The second kappa shape index (κ2) is 7.04. The SMILES string of the molecule is CCN(C)S(=O)(=O)N1CCC([C@@H](O)c2ccc(F)cc2)CC1. The molecule has 124 valence electrons. The molecule has 1 heterocycles. The minimum atomic E-state index is -3.40. The van der Waals surface area contributed by atoms with Gasteiger partial charge in [0.2, 0.25) is 0 Å². The molecule has 5 nitrogen and oxygen atoms in total. The molecule has 2 rings (SSSR count). The Bertz CT molecular complexity index is 583. The predicted molar refractivity (Wildman–Crippen MR) is 82.9 cm³/mol. The first-order valence-electron chi connectivity index (χ1n) is 7.51. The number of benzene rings is 1. The highest BCUT2D eigenvalue weighted by molar-refractivity contribution is 7.86. The predicted octanol–water partition coefficient (Wildman–Crippen LogP) is 1.77. The lowest BCUT2D eigenvalue weighted by molar-refractivity contribution is 0.0750. The lowest BCUT2D eigenvalue weighted by Crippen LogP contribution is -2.46. The van der Waals surface area contributed by atoms with E-state index in [9.17, 15) is 17.9 Å². The molecule has 1 N–H and O–H groups in total. The van der Waals surface area contributed by atoms with E-state index in [1.807, 2.05) is 0 Å². The Labute approximate surface area is 131 Å². The van der Waals surface area contributed by atoms with Crippen LogP contribution in [0.4, 0.5) is 4.39 Å². The first-order valence-corrected chi connectivity index (χ1v) is 8.91. The van der Waals surface area contributed by atoms with Crippen LogP contribution < -0.4 is 0 Å². The van der Waals surface area contributed by atoms with Crippen LogP contribution in [0.15, 0.2) is 24.3 Å². The van der Waals surface area contributed by atoms with Crippen LogP contribution in [0.3, 0.4) is 0 Å². The van der Waals surface area contributed by atoms with E-state index in [4.69, 9.17) is 0 Å². The fourth-order valence-corrected chi connectivity index (χ4v) is 4.11. The van der Waals surface area contributed by atoms with Crippen molar-refractivity contribution in [1.29, 1.82) is 0 Å². The fraction of sp³-hybridized carbons (Fsp3) is 0.600. The summed E-state index contributed by atoms with van der Waals surface area (Å²) < 4.78 is 40.2. The lowest BCUT2D eigenvalue weighted by atomic mass is 9.88. The quantitative estimate of drug-likeness (QED) is 0.895. The number of nitrogens with zero attached hydrogens (tertiary/aromatic N) is 2. The van der Waals surface area contributed by atoms with Crippen molar-refractivity contribution in [1.82, 2.24) is 8.61 Å². The minimum Gasteiger partial charge on any atom is -0.388 e. The molecular formula is C15H23FN2O3S. The van der Waals surface area contributed by atoms with Gasteiger partial charge in [0.1, 0.15) is 5.82 Å². The van der Waals surface area contributed by atoms with Crippen molar-refractivity contribution < 1.29 is 17.9 Å². The first kappa shape index (κ1) is 17.3. The van der Waals surface area contributed by atoms with Gasteiger partial charge in [-0.3, -0.25) is 0 Å². The number of rotatable bonds is 5. The van der Waals surface area contributed by atoms with Crippen molar-refractivity contribution in [3.63, 3.8) is 0 Å². The van der Waals surface area contributed by atoms with Crippen LogP contribution in [0.2, 0.25) is 0 Å².